The smallest absolute Gasteiger partial charge is 0.417 e. The molecule has 58 heavy (non-hydrogen) atoms. The van der Waals surface area contributed by atoms with Crippen molar-refractivity contribution in [2.45, 2.75) is 140 Å². The second kappa shape index (κ2) is 13.5. The summed E-state index contributed by atoms with van der Waals surface area (Å²) in [4.78, 5) is 8.53. The van der Waals surface area contributed by atoms with Crippen LogP contribution < -0.4 is 4.74 Å². The molecule has 0 saturated heterocycles. The summed E-state index contributed by atoms with van der Waals surface area (Å²) >= 11 is 0. The first kappa shape index (κ1) is 36.1. The minimum atomic E-state index is -0.626. The van der Waals surface area contributed by atoms with Gasteiger partial charge in [-0.05, 0) is 87.4 Å². The van der Waals surface area contributed by atoms with Crippen molar-refractivity contribution in [3.05, 3.63) is 131 Å². The molecular formula is C53H58N4O+2. The molecule has 11 rings (SSSR count). The molecule has 5 heteroatoms. The molecule has 5 aromatic carbocycles. The van der Waals surface area contributed by atoms with Gasteiger partial charge in [0, 0.05) is 30.6 Å². The van der Waals surface area contributed by atoms with Crippen LogP contribution in [0.5, 0.6) is 5.75 Å². The van der Waals surface area contributed by atoms with E-state index in [9.17, 15) is 0 Å². The van der Waals surface area contributed by atoms with Crippen LogP contribution in [0.1, 0.15) is 144 Å². The maximum Gasteiger partial charge on any atom is 0.417 e. The third-order valence-electron chi connectivity index (χ3n) is 14.5. The normalized spacial score (nSPS) is 24.6. The molecule has 3 unspecified atom stereocenters. The highest BCUT2D eigenvalue weighted by Crippen LogP contribution is 2.55. The first-order valence-corrected chi connectivity index (χ1v) is 22.4. The third-order valence-corrected chi connectivity index (χ3v) is 14.5. The Hall–Kier alpha value is -5.03. The molecule has 3 atom stereocenters. The fourth-order valence-corrected chi connectivity index (χ4v) is 11.7. The average molecular weight is 767 g/mol. The molecular weight excluding hydrogens is 709 g/mol. The van der Waals surface area contributed by atoms with Crippen molar-refractivity contribution in [1.82, 2.24) is 4.90 Å². The van der Waals surface area contributed by atoms with E-state index >= 15 is 0 Å². The predicted molar refractivity (Wildman–Crippen MR) is 239 cm³/mol. The van der Waals surface area contributed by atoms with E-state index in [1.807, 2.05) is 0 Å². The van der Waals surface area contributed by atoms with Crippen molar-refractivity contribution in [2.75, 3.05) is 0 Å². The lowest BCUT2D eigenvalue weighted by Crippen LogP contribution is -2.65. The Labute approximate surface area is 344 Å². The molecule has 5 nitrogen and oxygen atoms in total. The van der Waals surface area contributed by atoms with Gasteiger partial charge in [0.15, 0.2) is 18.0 Å². The molecule has 294 valence electrons. The Balaban J connectivity index is 1.22. The van der Waals surface area contributed by atoms with Crippen molar-refractivity contribution in [1.29, 1.82) is 0 Å². The summed E-state index contributed by atoms with van der Waals surface area (Å²) in [6.07, 6.45) is 19.5. The third kappa shape index (κ3) is 5.30. The SMILES string of the molecule is CC(C)c1cc2ccccc2c2c1OC1C3=[N+](C=NC21)C1(c2ccc4cc(C(C)(C)C)ccc4c23)N(C2CCCCC2)C=C(c2ccccc2)C=[N+]1C1CCCCC1. The van der Waals surface area contributed by atoms with Crippen LogP contribution in [0.4, 0.5) is 0 Å². The topological polar surface area (TPSA) is 30.9 Å². The molecule has 2 aliphatic carbocycles. The number of allylic oxidation sites excluding steroid dienone is 1. The van der Waals surface area contributed by atoms with Gasteiger partial charge in [0.2, 0.25) is 12.1 Å². The lowest BCUT2D eigenvalue weighted by atomic mass is 9.83. The first-order valence-electron chi connectivity index (χ1n) is 22.4. The molecule has 0 aromatic heterocycles. The molecule has 0 N–H and O–H groups in total. The predicted octanol–water partition coefficient (Wildman–Crippen LogP) is 12.0. The summed E-state index contributed by atoms with van der Waals surface area (Å²) in [5.41, 5.74) is 10.5. The molecule has 2 fully saturated rings. The summed E-state index contributed by atoms with van der Waals surface area (Å²) in [6.45, 7) is 11.6. The van der Waals surface area contributed by atoms with Gasteiger partial charge in [-0.15, -0.1) is 4.58 Å². The molecule has 2 saturated carbocycles. The van der Waals surface area contributed by atoms with E-state index in [2.05, 4.69) is 158 Å². The summed E-state index contributed by atoms with van der Waals surface area (Å²) < 4.78 is 13.0. The molecule has 5 aromatic rings. The number of hydrogen-bond donors (Lipinski definition) is 0. The van der Waals surface area contributed by atoms with Crippen molar-refractivity contribution in [2.24, 2.45) is 4.99 Å². The van der Waals surface area contributed by atoms with Gasteiger partial charge < -0.3 is 4.74 Å². The highest BCUT2D eigenvalue weighted by molar-refractivity contribution is 6.16. The molecule has 4 aliphatic heterocycles. The Morgan fingerprint density at radius 2 is 1.50 bits per heavy atom. The van der Waals surface area contributed by atoms with Crippen LogP contribution in [0.2, 0.25) is 0 Å². The summed E-state index contributed by atoms with van der Waals surface area (Å²) in [5, 5.41) is 5.14. The van der Waals surface area contributed by atoms with Gasteiger partial charge in [-0.1, -0.05) is 144 Å². The number of hydrogen-bond acceptors (Lipinski definition) is 3. The van der Waals surface area contributed by atoms with Crippen molar-refractivity contribution in [3.63, 3.8) is 0 Å². The Bertz CT molecular complexity index is 2590. The highest BCUT2D eigenvalue weighted by Gasteiger charge is 2.69. The van der Waals surface area contributed by atoms with Crippen molar-refractivity contribution in [3.8, 4) is 5.75 Å². The van der Waals surface area contributed by atoms with Crippen LogP contribution >= 0.6 is 0 Å². The van der Waals surface area contributed by atoms with Crippen LogP contribution in [-0.2, 0) is 11.2 Å². The quantitative estimate of drug-likeness (QED) is 0.171. The van der Waals surface area contributed by atoms with Crippen LogP contribution in [0.15, 0.2) is 102 Å². The van der Waals surface area contributed by atoms with Gasteiger partial charge in [0.25, 0.3) is 6.34 Å². The van der Waals surface area contributed by atoms with Crippen molar-refractivity contribution < 1.29 is 13.9 Å². The lowest BCUT2D eigenvalue weighted by molar-refractivity contribution is -0.840. The zero-order valence-corrected chi connectivity index (χ0v) is 35.0. The maximum atomic E-state index is 7.54. The van der Waals surface area contributed by atoms with Crippen LogP contribution in [0.3, 0.4) is 0 Å². The summed E-state index contributed by atoms with van der Waals surface area (Å²) in [7, 11) is 0. The van der Waals surface area contributed by atoms with E-state index in [4.69, 9.17) is 9.73 Å². The van der Waals surface area contributed by atoms with Crippen molar-refractivity contribution >= 4 is 45.4 Å². The van der Waals surface area contributed by atoms with E-state index in [1.54, 1.807) is 0 Å². The molecule has 1 spiro atoms. The van der Waals surface area contributed by atoms with Gasteiger partial charge in [0.1, 0.15) is 11.3 Å². The maximum absolute atomic E-state index is 7.54. The van der Waals surface area contributed by atoms with Crippen LogP contribution in [0.25, 0.3) is 27.1 Å². The van der Waals surface area contributed by atoms with Gasteiger partial charge >= 0.3 is 5.79 Å². The van der Waals surface area contributed by atoms with E-state index < -0.39 is 5.79 Å². The number of ether oxygens (including phenoxy) is 1. The van der Waals surface area contributed by atoms with E-state index in [-0.39, 0.29) is 17.6 Å². The number of nitrogens with zero attached hydrogens (tertiary/aromatic N) is 4. The molecule has 0 bridgehead atoms. The highest BCUT2D eigenvalue weighted by atomic mass is 16.5. The van der Waals surface area contributed by atoms with E-state index in [0.717, 1.165) is 5.75 Å². The Morgan fingerprint density at radius 1 is 0.776 bits per heavy atom. The van der Waals surface area contributed by atoms with E-state index in [1.165, 1.54) is 130 Å². The lowest BCUT2D eigenvalue weighted by Gasteiger charge is -2.46. The standard InChI is InChI=1S/C53H58N4O/c1-34(2)44-30-36-19-15-16-24-42(36)47-48-51(58-50(44)47)49-46-43-27-26-39(52(3,4)5)29-37(43)25-28-45(46)53(57(49)33-54-48)55(40-20-11-7-12-21-40)31-38(35-17-9-6-10-18-35)32-56(53)41-22-13-8-14-23-41/h6,9-10,15-19,24-34,40-41,48,51H,7-8,11-14,20-23H2,1-5H3/q+2. The number of benzene rings is 5. The van der Waals surface area contributed by atoms with Gasteiger partial charge in [-0.3, -0.25) is 4.90 Å². The monoisotopic (exact) mass is 766 g/mol. The zero-order valence-electron chi connectivity index (χ0n) is 35.0. The number of rotatable bonds is 4. The molecule has 0 radical (unpaired) electrons. The van der Waals surface area contributed by atoms with Crippen LogP contribution in [0, 0.1) is 0 Å². The Kier molecular flexibility index (Phi) is 8.40. The minimum Gasteiger partial charge on any atom is -0.476 e. The first-order chi connectivity index (χ1) is 28.2. The molecule has 6 aliphatic rings. The second-order valence-corrected chi connectivity index (χ2v) is 19.4. The fraction of sp³-hybridized carbons (Fsp3) is 0.415. The van der Waals surface area contributed by atoms with Gasteiger partial charge in [-0.2, -0.15) is 4.58 Å². The summed E-state index contributed by atoms with van der Waals surface area (Å²) in [6, 6.07) is 35.3. The van der Waals surface area contributed by atoms with Gasteiger partial charge in [0.05, 0.1) is 11.1 Å². The molecule has 4 heterocycles. The summed E-state index contributed by atoms with van der Waals surface area (Å²) in [5.74, 6) is 0.738. The zero-order chi connectivity index (χ0) is 39.3. The fourth-order valence-electron chi connectivity index (χ4n) is 11.7. The average Bonchev–Trinajstić information content (AvgIpc) is 3.79. The number of aliphatic imine (C=N–C) groups is 1. The minimum absolute atomic E-state index is 0.0488. The van der Waals surface area contributed by atoms with Gasteiger partial charge in [-0.25, -0.2) is 0 Å². The number of fused-ring (bicyclic) bond motifs is 12. The largest absolute Gasteiger partial charge is 0.476 e. The van der Waals surface area contributed by atoms with Crippen LogP contribution in [-0.4, -0.2) is 50.5 Å². The Morgan fingerprint density at radius 3 is 2.26 bits per heavy atom. The van der Waals surface area contributed by atoms with E-state index in [0.29, 0.717) is 18.0 Å². The second-order valence-electron chi connectivity index (χ2n) is 19.4. The molecule has 0 amide bonds.